The molecule has 9 heteroatoms. The first-order valence-corrected chi connectivity index (χ1v) is 8.80. The first-order valence-electron chi connectivity index (χ1n) is 7.98. The molecule has 0 aliphatic heterocycles. The van der Waals surface area contributed by atoms with E-state index in [1.807, 2.05) is 36.4 Å². The molecule has 3 N–H and O–H groups in total. The van der Waals surface area contributed by atoms with Gasteiger partial charge in [0, 0.05) is 0 Å². The van der Waals surface area contributed by atoms with Crippen molar-refractivity contribution in [1.29, 1.82) is 5.41 Å². The first kappa shape index (κ1) is 17.1. The van der Waals surface area contributed by atoms with E-state index >= 15 is 0 Å². The standard InChI is InChI=1S/C18H16N6O2S/c1-25-11-5-3-10(4-6-11)24(20)17-14-12(21-9-22-17)7-8-13-15(14)27-18(23-13)16(19)26-2/h3-9,19H,20H2,1-2H3. The minimum atomic E-state index is 0.0162. The summed E-state index contributed by atoms with van der Waals surface area (Å²) in [4.78, 5) is 13.2. The molecule has 0 amide bonds. The number of hydrazine groups is 1. The fourth-order valence-electron chi connectivity index (χ4n) is 2.75. The number of ether oxygens (including phenoxy) is 2. The second-order valence-corrected chi connectivity index (χ2v) is 6.62. The molecule has 8 nitrogen and oxygen atoms in total. The molecule has 0 aliphatic carbocycles. The Bertz CT molecular complexity index is 1140. The molecule has 27 heavy (non-hydrogen) atoms. The molecule has 2 heterocycles. The van der Waals surface area contributed by atoms with E-state index in [1.54, 1.807) is 7.11 Å². The van der Waals surface area contributed by atoms with Gasteiger partial charge < -0.3 is 9.47 Å². The number of nitrogens with one attached hydrogen (secondary N) is 1. The van der Waals surface area contributed by atoms with Gasteiger partial charge in [-0.2, -0.15) is 0 Å². The lowest BCUT2D eigenvalue weighted by atomic mass is 10.2. The van der Waals surface area contributed by atoms with Gasteiger partial charge in [-0.05, 0) is 36.4 Å². The molecule has 0 aliphatic rings. The van der Waals surface area contributed by atoms with E-state index in [1.165, 1.54) is 29.8 Å². The van der Waals surface area contributed by atoms with E-state index in [2.05, 4.69) is 15.0 Å². The third-order valence-electron chi connectivity index (χ3n) is 4.11. The number of aromatic nitrogens is 3. The number of rotatable bonds is 4. The smallest absolute Gasteiger partial charge is 0.242 e. The quantitative estimate of drug-likeness (QED) is 0.242. The third-order valence-corrected chi connectivity index (χ3v) is 5.20. The van der Waals surface area contributed by atoms with Crippen LogP contribution in [0.4, 0.5) is 11.5 Å². The zero-order valence-corrected chi connectivity index (χ0v) is 15.4. The Kier molecular flexibility index (Phi) is 4.30. The summed E-state index contributed by atoms with van der Waals surface area (Å²) in [6.45, 7) is 0. The van der Waals surface area contributed by atoms with Crippen LogP contribution in [-0.2, 0) is 4.74 Å². The lowest BCUT2D eigenvalue weighted by Gasteiger charge is -2.19. The van der Waals surface area contributed by atoms with Gasteiger partial charge in [-0.15, -0.1) is 11.3 Å². The van der Waals surface area contributed by atoms with Crippen molar-refractivity contribution >= 4 is 49.9 Å². The number of nitrogens with zero attached hydrogens (tertiary/aromatic N) is 4. The van der Waals surface area contributed by atoms with Crippen LogP contribution in [0.5, 0.6) is 5.75 Å². The molecule has 2 aromatic carbocycles. The Morgan fingerprint density at radius 2 is 1.81 bits per heavy atom. The van der Waals surface area contributed by atoms with Crippen molar-refractivity contribution in [2.24, 2.45) is 5.84 Å². The SMILES string of the molecule is COC(=N)c1nc2ccc3ncnc(N(N)c4ccc(OC)cc4)c3c2s1. The fourth-order valence-corrected chi connectivity index (χ4v) is 3.78. The van der Waals surface area contributed by atoms with E-state index < -0.39 is 0 Å². The largest absolute Gasteiger partial charge is 0.497 e. The lowest BCUT2D eigenvalue weighted by molar-refractivity contribution is 0.401. The molecule has 2 aromatic heterocycles. The van der Waals surface area contributed by atoms with Crippen LogP contribution in [0.15, 0.2) is 42.7 Å². The van der Waals surface area contributed by atoms with Crippen molar-refractivity contribution in [1.82, 2.24) is 15.0 Å². The van der Waals surface area contributed by atoms with Crippen LogP contribution in [-0.4, -0.2) is 35.1 Å². The zero-order valence-electron chi connectivity index (χ0n) is 14.6. The van der Waals surface area contributed by atoms with Gasteiger partial charge in [0.05, 0.1) is 41.0 Å². The topological polar surface area (TPSA) is 110 Å². The maximum absolute atomic E-state index is 7.88. The van der Waals surface area contributed by atoms with Gasteiger partial charge in [0.25, 0.3) is 0 Å². The highest BCUT2D eigenvalue weighted by molar-refractivity contribution is 7.21. The van der Waals surface area contributed by atoms with Crippen LogP contribution in [0, 0.1) is 5.41 Å². The van der Waals surface area contributed by atoms with Crippen molar-refractivity contribution in [3.8, 4) is 5.75 Å². The minimum absolute atomic E-state index is 0.0162. The minimum Gasteiger partial charge on any atom is -0.497 e. The van der Waals surface area contributed by atoms with Gasteiger partial charge in [0.15, 0.2) is 10.8 Å². The molecule has 0 unspecified atom stereocenters. The van der Waals surface area contributed by atoms with Crippen molar-refractivity contribution < 1.29 is 9.47 Å². The summed E-state index contributed by atoms with van der Waals surface area (Å²) in [7, 11) is 3.06. The monoisotopic (exact) mass is 380 g/mol. The summed E-state index contributed by atoms with van der Waals surface area (Å²) in [5.74, 6) is 7.69. The van der Waals surface area contributed by atoms with Crippen LogP contribution < -0.4 is 15.6 Å². The summed E-state index contributed by atoms with van der Waals surface area (Å²) < 4.78 is 11.0. The Balaban J connectivity index is 1.91. The van der Waals surface area contributed by atoms with E-state index in [0.717, 1.165) is 32.6 Å². The average Bonchev–Trinajstić information content (AvgIpc) is 3.17. The highest BCUT2D eigenvalue weighted by Crippen LogP contribution is 2.36. The zero-order chi connectivity index (χ0) is 19.0. The third kappa shape index (κ3) is 2.92. The van der Waals surface area contributed by atoms with E-state index in [0.29, 0.717) is 10.8 Å². The predicted molar refractivity (Wildman–Crippen MR) is 106 cm³/mol. The number of methoxy groups -OCH3 is 2. The highest BCUT2D eigenvalue weighted by Gasteiger charge is 2.18. The maximum atomic E-state index is 7.88. The van der Waals surface area contributed by atoms with Gasteiger partial charge in [-0.25, -0.2) is 20.8 Å². The Morgan fingerprint density at radius 3 is 2.52 bits per heavy atom. The molecule has 0 saturated heterocycles. The molecule has 0 spiro atoms. The molecule has 0 radical (unpaired) electrons. The predicted octanol–water partition coefficient (Wildman–Crippen LogP) is 3.23. The Labute approximate surface area is 158 Å². The van der Waals surface area contributed by atoms with E-state index in [9.17, 15) is 0 Å². The van der Waals surface area contributed by atoms with Gasteiger partial charge in [-0.1, -0.05) is 0 Å². The van der Waals surface area contributed by atoms with Gasteiger partial charge in [0.1, 0.15) is 12.1 Å². The van der Waals surface area contributed by atoms with Crippen LogP contribution in [0.25, 0.3) is 21.1 Å². The van der Waals surface area contributed by atoms with Gasteiger partial charge >= 0.3 is 0 Å². The summed E-state index contributed by atoms with van der Waals surface area (Å²) >= 11 is 1.35. The summed E-state index contributed by atoms with van der Waals surface area (Å²) in [6, 6.07) is 11.1. The Morgan fingerprint density at radius 1 is 1.07 bits per heavy atom. The highest BCUT2D eigenvalue weighted by atomic mass is 32.1. The summed E-state index contributed by atoms with van der Waals surface area (Å²) in [6.07, 6.45) is 1.48. The van der Waals surface area contributed by atoms with Gasteiger partial charge in [0.2, 0.25) is 5.90 Å². The molecule has 0 atom stereocenters. The van der Waals surface area contributed by atoms with Crippen LogP contribution in [0.2, 0.25) is 0 Å². The maximum Gasteiger partial charge on any atom is 0.242 e. The molecular weight excluding hydrogens is 364 g/mol. The molecular formula is C18H16N6O2S. The summed E-state index contributed by atoms with van der Waals surface area (Å²) in [5.41, 5.74) is 2.24. The Hall–Kier alpha value is -3.30. The fraction of sp³-hybridized carbons (Fsp3) is 0.111. The second-order valence-electron chi connectivity index (χ2n) is 5.63. The van der Waals surface area contributed by atoms with Crippen LogP contribution in [0.1, 0.15) is 5.01 Å². The number of anilines is 2. The number of thiazole rings is 1. The number of nitrogens with two attached hydrogens (primary N) is 1. The second kappa shape index (κ2) is 6.78. The normalized spacial score (nSPS) is 10.9. The van der Waals surface area contributed by atoms with Gasteiger partial charge in [-0.3, -0.25) is 10.4 Å². The molecule has 4 aromatic rings. The number of benzene rings is 2. The molecule has 0 bridgehead atoms. The van der Waals surface area contributed by atoms with E-state index in [4.69, 9.17) is 20.7 Å². The van der Waals surface area contributed by atoms with Crippen molar-refractivity contribution in [3.05, 3.63) is 47.7 Å². The van der Waals surface area contributed by atoms with Crippen molar-refractivity contribution in [2.75, 3.05) is 19.2 Å². The molecule has 136 valence electrons. The first-order chi connectivity index (χ1) is 13.1. The van der Waals surface area contributed by atoms with Crippen LogP contribution in [0.3, 0.4) is 0 Å². The summed E-state index contributed by atoms with van der Waals surface area (Å²) in [5, 5.41) is 10.6. The number of hydrogen-bond acceptors (Lipinski definition) is 9. The lowest BCUT2D eigenvalue weighted by Crippen LogP contribution is -2.26. The molecule has 4 rings (SSSR count). The molecule has 0 saturated carbocycles. The average molecular weight is 380 g/mol. The van der Waals surface area contributed by atoms with E-state index in [-0.39, 0.29) is 5.90 Å². The number of hydrogen-bond donors (Lipinski definition) is 2. The molecule has 0 fully saturated rings. The van der Waals surface area contributed by atoms with Crippen molar-refractivity contribution in [2.45, 2.75) is 0 Å². The number of fused-ring (bicyclic) bond motifs is 3. The van der Waals surface area contributed by atoms with Crippen LogP contribution >= 0.6 is 11.3 Å². The van der Waals surface area contributed by atoms with Crippen molar-refractivity contribution in [3.63, 3.8) is 0 Å².